The number of hydrogen-bond donors (Lipinski definition) is 1. The molecule has 1 aromatic heterocycles. The van der Waals surface area contributed by atoms with Gasteiger partial charge in [-0.3, -0.25) is 4.79 Å². The van der Waals surface area contributed by atoms with Crippen LogP contribution in [0.25, 0.3) is 10.6 Å². The minimum atomic E-state index is -3.40. The minimum absolute atomic E-state index is 0.0499. The number of aromatic nitrogens is 1. The van der Waals surface area contributed by atoms with Crippen molar-refractivity contribution in [3.63, 3.8) is 0 Å². The molecule has 2 heterocycles. The lowest BCUT2D eigenvalue weighted by molar-refractivity contribution is 0.0730. The lowest BCUT2D eigenvalue weighted by atomic mass is 10.2. The summed E-state index contributed by atoms with van der Waals surface area (Å²) in [6.07, 6.45) is 0. The van der Waals surface area contributed by atoms with Crippen LogP contribution in [-0.4, -0.2) is 68.8 Å². The second-order valence-corrected chi connectivity index (χ2v) is 9.56. The van der Waals surface area contributed by atoms with Crippen LogP contribution in [0.2, 0.25) is 0 Å². The molecule has 1 aliphatic rings. The van der Waals surface area contributed by atoms with Gasteiger partial charge in [-0.1, -0.05) is 0 Å². The van der Waals surface area contributed by atoms with Crippen molar-refractivity contribution in [3.8, 4) is 16.3 Å². The molecule has 0 unspecified atom stereocenters. The van der Waals surface area contributed by atoms with Crippen LogP contribution in [0, 0.1) is 6.92 Å². The molecule has 1 aliphatic heterocycles. The number of ether oxygens (including phenoxy) is 2. The number of benzene rings is 1. The smallest absolute Gasteiger partial charge is 0.263 e. The lowest BCUT2D eigenvalue weighted by Gasteiger charge is -2.26. The third-order valence-electron chi connectivity index (χ3n) is 4.42. The maximum atomic E-state index is 12.5. The van der Waals surface area contributed by atoms with Gasteiger partial charge in [-0.2, -0.15) is 4.31 Å². The molecule has 1 N–H and O–H groups in total. The Morgan fingerprint density at radius 1 is 1.28 bits per heavy atom. The van der Waals surface area contributed by atoms with Crippen molar-refractivity contribution in [2.75, 3.05) is 45.2 Å². The number of aryl methyl sites for hydroxylation is 1. The van der Waals surface area contributed by atoms with Gasteiger partial charge in [0.2, 0.25) is 10.0 Å². The molecule has 1 saturated heterocycles. The fourth-order valence-electron chi connectivity index (χ4n) is 2.92. The number of nitrogens with zero attached hydrogens (tertiary/aromatic N) is 2. The van der Waals surface area contributed by atoms with Crippen LogP contribution in [0.4, 0.5) is 0 Å². The Bertz CT molecular complexity index is 935. The molecule has 1 amide bonds. The number of rotatable bonds is 8. The van der Waals surface area contributed by atoms with Gasteiger partial charge < -0.3 is 14.8 Å². The molecular formula is C19H25N3O5S2. The van der Waals surface area contributed by atoms with E-state index < -0.39 is 10.0 Å². The second-order valence-electron chi connectivity index (χ2n) is 6.47. The summed E-state index contributed by atoms with van der Waals surface area (Å²) in [7, 11) is -3.40. The summed E-state index contributed by atoms with van der Waals surface area (Å²) in [5, 5.41) is 3.43. The Morgan fingerprint density at radius 2 is 1.97 bits per heavy atom. The van der Waals surface area contributed by atoms with Crippen LogP contribution >= 0.6 is 11.3 Å². The van der Waals surface area contributed by atoms with Crippen LogP contribution in [-0.2, 0) is 14.8 Å². The van der Waals surface area contributed by atoms with Crippen molar-refractivity contribution >= 4 is 27.3 Å². The average Bonchev–Trinajstić information content (AvgIpc) is 3.11. The maximum Gasteiger partial charge on any atom is 0.263 e. The van der Waals surface area contributed by atoms with E-state index >= 15 is 0 Å². The fourth-order valence-corrected chi connectivity index (χ4v) is 5.23. The van der Waals surface area contributed by atoms with E-state index in [0.29, 0.717) is 43.5 Å². The first-order valence-electron chi connectivity index (χ1n) is 9.45. The largest absolute Gasteiger partial charge is 0.494 e. The molecule has 158 valence electrons. The van der Waals surface area contributed by atoms with E-state index in [1.54, 1.807) is 6.92 Å². The zero-order chi connectivity index (χ0) is 20.9. The van der Waals surface area contributed by atoms with Gasteiger partial charge in [0.15, 0.2) is 0 Å². The Balaban J connectivity index is 1.60. The molecule has 0 aliphatic carbocycles. The Hall–Kier alpha value is -2.01. The number of nitrogens with one attached hydrogen (secondary N) is 1. The molecule has 1 aromatic carbocycles. The van der Waals surface area contributed by atoms with Crippen LogP contribution in [0.15, 0.2) is 24.3 Å². The molecule has 29 heavy (non-hydrogen) atoms. The molecule has 3 rings (SSSR count). The van der Waals surface area contributed by atoms with Crippen molar-refractivity contribution in [1.82, 2.24) is 14.6 Å². The quantitative estimate of drug-likeness (QED) is 0.675. The van der Waals surface area contributed by atoms with Crippen LogP contribution < -0.4 is 10.1 Å². The Morgan fingerprint density at radius 3 is 2.62 bits per heavy atom. The SMILES string of the molecule is CCOc1ccc(-c2nc(C)c(C(=O)NCCS(=O)(=O)N3CCOCC3)s2)cc1. The van der Waals surface area contributed by atoms with Crippen molar-refractivity contribution in [2.24, 2.45) is 0 Å². The van der Waals surface area contributed by atoms with E-state index in [2.05, 4.69) is 10.3 Å². The fraction of sp³-hybridized carbons (Fsp3) is 0.474. The number of amides is 1. The van der Waals surface area contributed by atoms with Crippen LogP contribution in [0.5, 0.6) is 5.75 Å². The molecular weight excluding hydrogens is 414 g/mol. The van der Waals surface area contributed by atoms with Gasteiger partial charge in [-0.05, 0) is 38.1 Å². The maximum absolute atomic E-state index is 12.5. The topological polar surface area (TPSA) is 97.8 Å². The molecule has 2 aromatic rings. The van der Waals surface area contributed by atoms with E-state index in [9.17, 15) is 13.2 Å². The van der Waals surface area contributed by atoms with Gasteiger partial charge in [-0.15, -0.1) is 11.3 Å². The number of hydrogen-bond acceptors (Lipinski definition) is 7. The summed E-state index contributed by atoms with van der Waals surface area (Å²) in [6.45, 7) is 5.87. The van der Waals surface area contributed by atoms with Crippen molar-refractivity contribution < 1.29 is 22.7 Å². The summed E-state index contributed by atoms with van der Waals surface area (Å²) in [4.78, 5) is 17.5. The first kappa shape index (κ1) is 21.7. The average molecular weight is 440 g/mol. The molecule has 0 saturated carbocycles. The third-order valence-corrected chi connectivity index (χ3v) is 7.50. The van der Waals surface area contributed by atoms with Crippen LogP contribution in [0.3, 0.4) is 0 Å². The van der Waals surface area contributed by atoms with E-state index in [0.717, 1.165) is 16.3 Å². The second kappa shape index (κ2) is 9.66. The van der Waals surface area contributed by atoms with Gasteiger partial charge >= 0.3 is 0 Å². The van der Waals surface area contributed by atoms with Crippen molar-refractivity contribution in [2.45, 2.75) is 13.8 Å². The van der Waals surface area contributed by atoms with Gasteiger partial charge in [0.1, 0.15) is 15.6 Å². The number of carbonyl (C=O) groups is 1. The first-order valence-corrected chi connectivity index (χ1v) is 11.9. The molecule has 0 spiro atoms. The summed E-state index contributed by atoms with van der Waals surface area (Å²) < 4.78 is 36.7. The normalized spacial score (nSPS) is 15.2. The number of sulfonamides is 1. The number of morpholine rings is 1. The van der Waals surface area contributed by atoms with E-state index in [-0.39, 0.29) is 18.2 Å². The number of thiazole rings is 1. The zero-order valence-corrected chi connectivity index (χ0v) is 18.1. The monoisotopic (exact) mass is 439 g/mol. The van der Waals surface area contributed by atoms with E-state index in [4.69, 9.17) is 9.47 Å². The van der Waals surface area contributed by atoms with Gasteiger partial charge in [0, 0.05) is 25.2 Å². The van der Waals surface area contributed by atoms with E-state index in [1.165, 1.54) is 15.6 Å². The van der Waals surface area contributed by atoms with E-state index in [1.807, 2.05) is 31.2 Å². The van der Waals surface area contributed by atoms with Gasteiger partial charge in [0.25, 0.3) is 5.91 Å². The Labute approximate surface area is 174 Å². The highest BCUT2D eigenvalue weighted by Gasteiger charge is 2.24. The van der Waals surface area contributed by atoms with Gasteiger partial charge in [0.05, 0.1) is 31.3 Å². The highest BCUT2D eigenvalue weighted by atomic mass is 32.2. The molecule has 1 fully saturated rings. The molecule has 0 atom stereocenters. The zero-order valence-electron chi connectivity index (χ0n) is 16.5. The highest BCUT2D eigenvalue weighted by molar-refractivity contribution is 7.89. The van der Waals surface area contributed by atoms with Crippen molar-refractivity contribution in [3.05, 3.63) is 34.8 Å². The van der Waals surface area contributed by atoms with Crippen molar-refractivity contribution in [1.29, 1.82) is 0 Å². The summed E-state index contributed by atoms with van der Waals surface area (Å²) in [6, 6.07) is 7.54. The standard InChI is InChI=1S/C19H25N3O5S2/c1-3-27-16-6-4-15(5-7-16)19-21-14(2)17(28-19)18(23)20-8-13-29(24,25)22-9-11-26-12-10-22/h4-7H,3,8-13H2,1-2H3,(H,20,23). The highest BCUT2D eigenvalue weighted by Crippen LogP contribution is 2.29. The predicted molar refractivity (Wildman–Crippen MR) is 112 cm³/mol. The predicted octanol–water partition coefficient (Wildman–Crippen LogP) is 1.91. The van der Waals surface area contributed by atoms with Gasteiger partial charge in [-0.25, -0.2) is 13.4 Å². The summed E-state index contributed by atoms with van der Waals surface area (Å²) in [5.41, 5.74) is 1.52. The first-order chi connectivity index (χ1) is 13.9. The molecule has 0 radical (unpaired) electrons. The minimum Gasteiger partial charge on any atom is -0.494 e. The summed E-state index contributed by atoms with van der Waals surface area (Å²) in [5.74, 6) is 0.334. The number of carbonyl (C=O) groups excluding carboxylic acids is 1. The lowest BCUT2D eigenvalue weighted by Crippen LogP contribution is -2.43. The molecule has 0 bridgehead atoms. The third kappa shape index (κ3) is 5.53. The molecule has 10 heteroatoms. The van der Waals surface area contributed by atoms with Crippen LogP contribution in [0.1, 0.15) is 22.3 Å². The summed E-state index contributed by atoms with van der Waals surface area (Å²) >= 11 is 1.29. The molecule has 8 nitrogen and oxygen atoms in total. The Kier molecular flexibility index (Phi) is 7.23.